The highest BCUT2D eigenvalue weighted by molar-refractivity contribution is 7.99. The van der Waals surface area contributed by atoms with Crippen molar-refractivity contribution in [1.82, 2.24) is 4.98 Å². The van der Waals surface area contributed by atoms with Gasteiger partial charge in [-0.05, 0) is 18.6 Å². The summed E-state index contributed by atoms with van der Waals surface area (Å²) in [5.74, 6) is 2.45. The second-order valence-corrected chi connectivity index (χ2v) is 5.51. The van der Waals surface area contributed by atoms with Crippen LogP contribution in [0.2, 0.25) is 0 Å². The third-order valence-corrected chi connectivity index (χ3v) is 4.31. The Hall–Kier alpha value is -0.970. The molecule has 1 fully saturated rings. The Bertz CT molecular complexity index is 382. The quantitative estimate of drug-likeness (QED) is 0.877. The lowest BCUT2D eigenvalue weighted by Gasteiger charge is -2.30. The number of carboxylic acid groups (broad SMARTS) is 1. The molecule has 2 rings (SSSR count). The van der Waals surface area contributed by atoms with Crippen LogP contribution in [0.15, 0.2) is 10.6 Å². The molecule has 5 heteroatoms. The monoisotopic (exact) mass is 241 g/mol. The number of oxazole rings is 1. The third-order valence-electron chi connectivity index (χ3n) is 2.89. The summed E-state index contributed by atoms with van der Waals surface area (Å²) in [7, 11) is 0. The number of nitrogens with zero attached hydrogens (tertiary/aromatic N) is 1. The Labute approximate surface area is 98.4 Å². The highest BCUT2D eigenvalue weighted by Gasteiger charge is 2.33. The van der Waals surface area contributed by atoms with Crippen molar-refractivity contribution in [2.45, 2.75) is 31.6 Å². The molecule has 0 amide bonds. The SMILES string of the molecule is CC1(c2cnc(CC(=O)O)o2)CCCSC1. The zero-order valence-corrected chi connectivity index (χ0v) is 10.0. The Kier molecular flexibility index (Phi) is 3.23. The molecule has 2 heterocycles. The van der Waals surface area contributed by atoms with Crippen molar-refractivity contribution in [3.05, 3.63) is 17.8 Å². The fourth-order valence-electron chi connectivity index (χ4n) is 1.93. The van der Waals surface area contributed by atoms with Gasteiger partial charge in [-0.2, -0.15) is 11.8 Å². The lowest BCUT2D eigenvalue weighted by Crippen LogP contribution is -2.28. The van der Waals surface area contributed by atoms with Crippen molar-refractivity contribution >= 4 is 17.7 Å². The van der Waals surface area contributed by atoms with E-state index in [2.05, 4.69) is 11.9 Å². The van der Waals surface area contributed by atoms with Gasteiger partial charge in [0.05, 0.1) is 6.20 Å². The topological polar surface area (TPSA) is 63.3 Å². The minimum Gasteiger partial charge on any atom is -0.481 e. The van der Waals surface area contributed by atoms with Crippen molar-refractivity contribution in [1.29, 1.82) is 0 Å². The van der Waals surface area contributed by atoms with Crippen molar-refractivity contribution in [2.24, 2.45) is 0 Å². The van der Waals surface area contributed by atoms with E-state index in [1.54, 1.807) is 6.20 Å². The van der Waals surface area contributed by atoms with E-state index in [1.165, 1.54) is 12.2 Å². The molecule has 88 valence electrons. The van der Waals surface area contributed by atoms with Gasteiger partial charge in [-0.1, -0.05) is 6.92 Å². The normalized spacial score (nSPS) is 25.6. The minimum absolute atomic E-state index is 0.0205. The van der Waals surface area contributed by atoms with Crippen LogP contribution in [0.1, 0.15) is 31.4 Å². The molecule has 4 nitrogen and oxygen atoms in total. The van der Waals surface area contributed by atoms with Crippen LogP contribution in [0.4, 0.5) is 0 Å². The van der Waals surface area contributed by atoms with E-state index in [0.717, 1.165) is 17.9 Å². The highest BCUT2D eigenvalue weighted by Crippen LogP contribution is 2.37. The lowest BCUT2D eigenvalue weighted by molar-refractivity contribution is -0.136. The second kappa shape index (κ2) is 4.49. The van der Waals surface area contributed by atoms with Gasteiger partial charge in [-0.25, -0.2) is 4.98 Å². The van der Waals surface area contributed by atoms with Crippen LogP contribution >= 0.6 is 11.8 Å². The molecule has 1 aromatic heterocycles. The average Bonchev–Trinajstić information content (AvgIpc) is 2.67. The standard InChI is InChI=1S/C11H15NO3S/c1-11(3-2-4-16-7-11)8-6-12-9(15-8)5-10(13)14/h6H,2-5,7H2,1H3,(H,13,14). The summed E-state index contributed by atoms with van der Waals surface area (Å²) in [6, 6.07) is 0. The molecule has 16 heavy (non-hydrogen) atoms. The first-order chi connectivity index (χ1) is 7.60. The summed E-state index contributed by atoms with van der Waals surface area (Å²) in [6.45, 7) is 2.16. The first-order valence-electron chi connectivity index (χ1n) is 5.35. The van der Waals surface area contributed by atoms with Crippen LogP contribution in [0.5, 0.6) is 0 Å². The molecule has 1 atom stereocenters. The van der Waals surface area contributed by atoms with E-state index in [-0.39, 0.29) is 11.8 Å². The van der Waals surface area contributed by atoms with Crippen LogP contribution in [0, 0.1) is 0 Å². The van der Waals surface area contributed by atoms with Gasteiger partial charge in [0.2, 0.25) is 5.89 Å². The summed E-state index contributed by atoms with van der Waals surface area (Å²) >= 11 is 1.92. The van der Waals surface area contributed by atoms with Crippen molar-refractivity contribution in [2.75, 3.05) is 11.5 Å². The first kappa shape index (κ1) is 11.5. The van der Waals surface area contributed by atoms with Gasteiger partial charge >= 0.3 is 5.97 Å². The number of carbonyl (C=O) groups is 1. The third kappa shape index (κ3) is 2.40. The predicted octanol–water partition coefficient (Wildman–Crippen LogP) is 2.09. The summed E-state index contributed by atoms with van der Waals surface area (Å²) in [5, 5.41) is 8.65. The molecule has 1 unspecified atom stereocenters. The molecular formula is C11H15NO3S. The van der Waals surface area contributed by atoms with E-state index < -0.39 is 5.97 Å². The Balaban J connectivity index is 2.13. The molecule has 0 radical (unpaired) electrons. The van der Waals surface area contributed by atoms with Gasteiger partial charge in [-0.3, -0.25) is 4.79 Å². The zero-order valence-electron chi connectivity index (χ0n) is 9.23. The van der Waals surface area contributed by atoms with Crippen LogP contribution in [-0.4, -0.2) is 27.6 Å². The van der Waals surface area contributed by atoms with Gasteiger partial charge in [0, 0.05) is 11.2 Å². The molecule has 0 aromatic carbocycles. The number of aromatic nitrogens is 1. The molecule has 0 saturated carbocycles. The number of rotatable bonds is 3. The molecule has 1 saturated heterocycles. The lowest BCUT2D eigenvalue weighted by atomic mass is 9.85. The zero-order chi connectivity index (χ0) is 11.6. The molecule has 1 aromatic rings. The van der Waals surface area contributed by atoms with Crippen LogP contribution in [0.3, 0.4) is 0 Å². The van der Waals surface area contributed by atoms with Gasteiger partial charge in [0.1, 0.15) is 12.2 Å². The number of thioether (sulfide) groups is 1. The average molecular weight is 241 g/mol. The summed E-state index contributed by atoms with van der Waals surface area (Å²) in [5.41, 5.74) is 0.0205. The number of carboxylic acids is 1. The van der Waals surface area contributed by atoms with Gasteiger partial charge < -0.3 is 9.52 Å². The molecule has 0 bridgehead atoms. The van der Waals surface area contributed by atoms with Crippen LogP contribution in [-0.2, 0) is 16.6 Å². The minimum atomic E-state index is -0.906. The smallest absolute Gasteiger partial charge is 0.312 e. The van der Waals surface area contributed by atoms with Gasteiger partial charge in [0.15, 0.2) is 0 Å². The fourth-order valence-corrected chi connectivity index (χ4v) is 3.16. The number of hydrogen-bond acceptors (Lipinski definition) is 4. The van der Waals surface area contributed by atoms with Crippen molar-refractivity contribution in [3.8, 4) is 0 Å². The Morgan fingerprint density at radius 3 is 3.19 bits per heavy atom. The predicted molar refractivity (Wildman–Crippen MR) is 61.8 cm³/mol. The maximum Gasteiger partial charge on any atom is 0.312 e. The maximum atomic E-state index is 10.5. The summed E-state index contributed by atoms with van der Waals surface area (Å²) in [6.07, 6.45) is 3.81. The highest BCUT2D eigenvalue weighted by atomic mass is 32.2. The molecule has 0 spiro atoms. The second-order valence-electron chi connectivity index (χ2n) is 4.41. The molecule has 0 aliphatic carbocycles. The van der Waals surface area contributed by atoms with E-state index in [4.69, 9.17) is 9.52 Å². The maximum absolute atomic E-state index is 10.5. The Morgan fingerprint density at radius 2 is 2.56 bits per heavy atom. The van der Waals surface area contributed by atoms with Crippen LogP contribution < -0.4 is 0 Å². The van der Waals surface area contributed by atoms with Crippen LogP contribution in [0.25, 0.3) is 0 Å². The summed E-state index contributed by atoms with van der Waals surface area (Å²) in [4.78, 5) is 14.5. The largest absolute Gasteiger partial charge is 0.481 e. The van der Waals surface area contributed by atoms with Crippen molar-refractivity contribution in [3.63, 3.8) is 0 Å². The van der Waals surface area contributed by atoms with Gasteiger partial charge in [-0.15, -0.1) is 0 Å². The van der Waals surface area contributed by atoms with E-state index in [1.807, 2.05) is 11.8 Å². The summed E-state index contributed by atoms with van der Waals surface area (Å²) < 4.78 is 5.53. The van der Waals surface area contributed by atoms with Gasteiger partial charge in [0.25, 0.3) is 0 Å². The first-order valence-corrected chi connectivity index (χ1v) is 6.50. The number of aliphatic carboxylic acids is 1. The molecular weight excluding hydrogens is 226 g/mol. The van der Waals surface area contributed by atoms with E-state index in [0.29, 0.717) is 5.89 Å². The number of hydrogen-bond donors (Lipinski definition) is 1. The van der Waals surface area contributed by atoms with Crippen molar-refractivity contribution < 1.29 is 14.3 Å². The van der Waals surface area contributed by atoms with E-state index in [9.17, 15) is 4.79 Å². The molecule has 1 aliphatic rings. The fraction of sp³-hybridized carbons (Fsp3) is 0.636. The van der Waals surface area contributed by atoms with E-state index >= 15 is 0 Å². The molecule has 1 aliphatic heterocycles. The Morgan fingerprint density at radius 1 is 1.75 bits per heavy atom. The molecule has 1 N–H and O–H groups in total.